The average Bonchev–Trinajstić information content (AvgIpc) is 3.22. The molecule has 0 aliphatic carbocycles. The number of rotatable bonds is 46. The van der Waals surface area contributed by atoms with Crippen molar-refractivity contribution in [1.29, 1.82) is 0 Å². The lowest BCUT2D eigenvalue weighted by atomic mass is 10.0. The number of esters is 3. The molecule has 0 aliphatic heterocycles. The van der Waals surface area contributed by atoms with Crippen LogP contribution in [0, 0.1) is 0 Å². The van der Waals surface area contributed by atoms with Crippen molar-refractivity contribution >= 4 is 17.9 Å². The van der Waals surface area contributed by atoms with Gasteiger partial charge in [0.05, 0.1) is 0 Å². The number of hydrogen-bond acceptors (Lipinski definition) is 6. The Morgan fingerprint density at radius 3 is 1.00 bits per heavy atom. The van der Waals surface area contributed by atoms with E-state index in [9.17, 15) is 14.4 Å². The number of hydrogen-bond donors (Lipinski definition) is 0. The zero-order valence-electron chi connectivity index (χ0n) is 38.8. The first-order valence-electron chi connectivity index (χ1n) is 25.3. The topological polar surface area (TPSA) is 78.9 Å². The molecule has 340 valence electrons. The lowest BCUT2D eigenvalue weighted by Crippen LogP contribution is -2.30. The number of allylic oxidation sites excluding steroid dienone is 4. The van der Waals surface area contributed by atoms with E-state index < -0.39 is 6.10 Å². The minimum absolute atomic E-state index is 0.0733. The molecule has 0 aromatic rings. The third kappa shape index (κ3) is 45.0. The number of carbonyl (C=O) groups is 3. The number of carbonyl (C=O) groups excluding carboxylic acids is 3. The van der Waals surface area contributed by atoms with Gasteiger partial charge in [-0.1, -0.05) is 231 Å². The van der Waals surface area contributed by atoms with Crippen LogP contribution in [0.5, 0.6) is 0 Å². The van der Waals surface area contributed by atoms with Gasteiger partial charge in [-0.15, -0.1) is 0 Å². The fraction of sp³-hybridized carbons (Fsp3) is 0.865. The summed E-state index contributed by atoms with van der Waals surface area (Å²) in [5.41, 5.74) is 0. The maximum atomic E-state index is 12.7. The summed E-state index contributed by atoms with van der Waals surface area (Å²) in [5.74, 6) is -0.886. The summed E-state index contributed by atoms with van der Waals surface area (Å²) in [6.07, 6.45) is 53.3. The second kappa shape index (κ2) is 47.6. The third-order valence-electron chi connectivity index (χ3n) is 11.2. The van der Waals surface area contributed by atoms with Crippen LogP contribution in [0.15, 0.2) is 24.3 Å². The zero-order valence-corrected chi connectivity index (χ0v) is 38.8. The minimum atomic E-state index is -0.770. The Bertz CT molecular complexity index is 942. The number of ether oxygens (including phenoxy) is 3. The van der Waals surface area contributed by atoms with E-state index >= 15 is 0 Å². The Labute approximate surface area is 360 Å². The molecule has 0 aromatic heterocycles. The summed E-state index contributed by atoms with van der Waals surface area (Å²) in [7, 11) is 0. The molecule has 0 aromatic carbocycles. The van der Waals surface area contributed by atoms with Crippen LogP contribution in [0.1, 0.15) is 271 Å². The SMILES string of the molecule is CCCC/C=C\C/C=C\CCCCCCCC(=O)OC(COC(=O)CCCCCCCC)COC(=O)CCCCCCCCCCCCCCCCCCCCCC. The quantitative estimate of drug-likeness (QED) is 0.0263. The van der Waals surface area contributed by atoms with Gasteiger partial charge in [-0.25, -0.2) is 0 Å². The molecular weight excluding hydrogens is 721 g/mol. The smallest absolute Gasteiger partial charge is 0.306 e. The van der Waals surface area contributed by atoms with Gasteiger partial charge in [-0.3, -0.25) is 14.4 Å². The van der Waals surface area contributed by atoms with Gasteiger partial charge in [0, 0.05) is 19.3 Å². The Morgan fingerprint density at radius 2 is 0.638 bits per heavy atom. The van der Waals surface area contributed by atoms with Crippen LogP contribution in [-0.4, -0.2) is 37.2 Å². The summed E-state index contributed by atoms with van der Waals surface area (Å²) in [6.45, 7) is 6.55. The highest BCUT2D eigenvalue weighted by Gasteiger charge is 2.19. The minimum Gasteiger partial charge on any atom is -0.462 e. The third-order valence-corrected chi connectivity index (χ3v) is 11.2. The molecule has 0 heterocycles. The Hall–Kier alpha value is -2.11. The van der Waals surface area contributed by atoms with Crippen molar-refractivity contribution in [2.45, 2.75) is 277 Å². The van der Waals surface area contributed by atoms with Gasteiger partial charge in [0.1, 0.15) is 13.2 Å². The standard InChI is InChI=1S/C52H96O6/c1-4-7-10-13-16-18-20-22-24-25-26-27-28-29-31-32-34-36-39-42-45-51(54)57-48-49(47-56-50(53)44-41-38-15-12-9-6-3)58-52(55)46-43-40-37-35-33-30-23-21-19-17-14-11-8-5-2/h14,17,21,23,49H,4-13,15-16,18-20,22,24-48H2,1-3H3/b17-14-,23-21-. The fourth-order valence-electron chi connectivity index (χ4n) is 7.34. The van der Waals surface area contributed by atoms with Crippen LogP contribution in [0.25, 0.3) is 0 Å². The van der Waals surface area contributed by atoms with Crippen molar-refractivity contribution in [3.05, 3.63) is 24.3 Å². The summed E-state index contributed by atoms with van der Waals surface area (Å²) in [6, 6.07) is 0. The van der Waals surface area contributed by atoms with Gasteiger partial charge >= 0.3 is 17.9 Å². The first kappa shape index (κ1) is 55.9. The lowest BCUT2D eigenvalue weighted by Gasteiger charge is -2.18. The van der Waals surface area contributed by atoms with Crippen LogP contribution < -0.4 is 0 Å². The maximum absolute atomic E-state index is 12.7. The first-order chi connectivity index (χ1) is 28.5. The Balaban J connectivity index is 4.16. The van der Waals surface area contributed by atoms with E-state index in [-0.39, 0.29) is 31.1 Å². The second-order valence-electron chi connectivity index (χ2n) is 17.1. The van der Waals surface area contributed by atoms with Crippen LogP contribution in [0.4, 0.5) is 0 Å². The largest absolute Gasteiger partial charge is 0.462 e. The highest BCUT2D eigenvalue weighted by Crippen LogP contribution is 2.16. The summed E-state index contributed by atoms with van der Waals surface area (Å²) < 4.78 is 16.7. The van der Waals surface area contributed by atoms with Crippen LogP contribution in [0.3, 0.4) is 0 Å². The van der Waals surface area contributed by atoms with Crippen molar-refractivity contribution in [3.63, 3.8) is 0 Å². The van der Waals surface area contributed by atoms with Gasteiger partial charge in [-0.2, -0.15) is 0 Å². The molecule has 6 heteroatoms. The Morgan fingerprint density at radius 1 is 0.345 bits per heavy atom. The molecule has 1 atom stereocenters. The molecule has 0 saturated heterocycles. The van der Waals surface area contributed by atoms with E-state index in [1.165, 1.54) is 148 Å². The molecule has 0 bridgehead atoms. The molecule has 0 rings (SSSR count). The molecular formula is C52H96O6. The van der Waals surface area contributed by atoms with Gasteiger partial charge in [0.15, 0.2) is 6.10 Å². The van der Waals surface area contributed by atoms with Crippen molar-refractivity contribution in [2.24, 2.45) is 0 Å². The van der Waals surface area contributed by atoms with Gasteiger partial charge < -0.3 is 14.2 Å². The highest BCUT2D eigenvalue weighted by molar-refractivity contribution is 5.71. The van der Waals surface area contributed by atoms with Crippen LogP contribution >= 0.6 is 0 Å². The summed E-state index contributed by atoms with van der Waals surface area (Å²) in [4.78, 5) is 37.7. The molecule has 6 nitrogen and oxygen atoms in total. The van der Waals surface area contributed by atoms with Crippen LogP contribution in [-0.2, 0) is 28.6 Å². The Kier molecular flexibility index (Phi) is 45.8. The van der Waals surface area contributed by atoms with Gasteiger partial charge in [0.25, 0.3) is 0 Å². The molecule has 58 heavy (non-hydrogen) atoms. The molecule has 0 aliphatic rings. The van der Waals surface area contributed by atoms with Gasteiger partial charge in [-0.05, 0) is 44.9 Å². The number of unbranched alkanes of at least 4 members (excludes halogenated alkanes) is 31. The van der Waals surface area contributed by atoms with Crippen molar-refractivity contribution < 1.29 is 28.6 Å². The molecule has 0 N–H and O–H groups in total. The monoisotopic (exact) mass is 817 g/mol. The van der Waals surface area contributed by atoms with Crippen molar-refractivity contribution in [1.82, 2.24) is 0 Å². The van der Waals surface area contributed by atoms with E-state index in [0.29, 0.717) is 19.3 Å². The molecule has 0 spiro atoms. The normalized spacial score (nSPS) is 12.1. The predicted octanol–water partition coefficient (Wildman–Crippen LogP) is 16.4. The molecule has 0 radical (unpaired) electrons. The molecule has 1 unspecified atom stereocenters. The van der Waals surface area contributed by atoms with E-state index in [0.717, 1.165) is 83.5 Å². The van der Waals surface area contributed by atoms with E-state index in [1.54, 1.807) is 0 Å². The summed E-state index contributed by atoms with van der Waals surface area (Å²) >= 11 is 0. The molecule has 0 saturated carbocycles. The molecule has 0 amide bonds. The first-order valence-corrected chi connectivity index (χ1v) is 25.3. The highest BCUT2D eigenvalue weighted by atomic mass is 16.6. The molecule has 0 fully saturated rings. The second-order valence-corrected chi connectivity index (χ2v) is 17.1. The predicted molar refractivity (Wildman–Crippen MR) is 247 cm³/mol. The van der Waals surface area contributed by atoms with E-state index in [4.69, 9.17) is 14.2 Å². The maximum Gasteiger partial charge on any atom is 0.306 e. The van der Waals surface area contributed by atoms with Gasteiger partial charge in [0.2, 0.25) is 0 Å². The van der Waals surface area contributed by atoms with Crippen LogP contribution in [0.2, 0.25) is 0 Å². The average molecular weight is 817 g/mol. The van der Waals surface area contributed by atoms with Crippen molar-refractivity contribution in [3.8, 4) is 0 Å². The summed E-state index contributed by atoms with van der Waals surface area (Å²) in [5, 5.41) is 0. The zero-order chi connectivity index (χ0) is 42.3. The van der Waals surface area contributed by atoms with E-state index in [1.807, 2.05) is 0 Å². The lowest BCUT2D eigenvalue weighted by molar-refractivity contribution is -0.167. The van der Waals surface area contributed by atoms with Crippen molar-refractivity contribution in [2.75, 3.05) is 13.2 Å². The van der Waals surface area contributed by atoms with E-state index in [2.05, 4.69) is 45.1 Å². The fourth-order valence-corrected chi connectivity index (χ4v) is 7.34.